The van der Waals surface area contributed by atoms with Gasteiger partial charge in [0, 0.05) is 0 Å². The Balaban J connectivity index is 2.75. The maximum absolute atomic E-state index is 3.18. The van der Waals surface area contributed by atoms with Crippen LogP contribution in [-0.2, 0) is 0 Å². The summed E-state index contributed by atoms with van der Waals surface area (Å²) < 4.78 is 0. The molecule has 0 fully saturated rings. The molecule has 0 heterocycles. The molecule has 0 aliphatic rings. The van der Waals surface area contributed by atoms with E-state index in [0.717, 1.165) is 0 Å². The van der Waals surface area contributed by atoms with Gasteiger partial charge in [-0.25, -0.2) is 0 Å². The molecule has 10 heavy (non-hydrogen) atoms. The van der Waals surface area contributed by atoms with Crippen LogP contribution in [0.5, 0.6) is 0 Å². The first-order valence-corrected chi connectivity index (χ1v) is 3.57. The monoisotopic (exact) mass is 132 g/mol. The Morgan fingerprint density at radius 3 is 2.30 bits per heavy atom. The van der Waals surface area contributed by atoms with Crippen LogP contribution in [0, 0.1) is 6.42 Å². The lowest BCUT2D eigenvalue weighted by atomic mass is 9.99. The highest BCUT2D eigenvalue weighted by atomic mass is 14.0. The van der Waals surface area contributed by atoms with Crippen LogP contribution < -0.4 is 0 Å². The van der Waals surface area contributed by atoms with E-state index in [2.05, 4.69) is 37.6 Å². The number of benzene rings is 1. The van der Waals surface area contributed by atoms with E-state index in [4.69, 9.17) is 0 Å². The van der Waals surface area contributed by atoms with E-state index >= 15 is 0 Å². The van der Waals surface area contributed by atoms with Crippen molar-refractivity contribution in [1.82, 2.24) is 0 Å². The fraction of sp³-hybridized carbons (Fsp3) is 0.300. The molecule has 0 saturated carbocycles. The van der Waals surface area contributed by atoms with Crippen LogP contribution in [0.1, 0.15) is 25.3 Å². The van der Waals surface area contributed by atoms with Crippen LogP contribution in [0.25, 0.3) is 0 Å². The minimum atomic E-state index is 0.459. The summed E-state index contributed by atoms with van der Waals surface area (Å²) in [6.45, 7) is 4.12. The number of rotatable bonds is 2. The predicted molar refractivity (Wildman–Crippen MR) is 43.8 cm³/mol. The van der Waals surface area contributed by atoms with Gasteiger partial charge in [0.25, 0.3) is 0 Å². The molecule has 0 aliphatic carbocycles. The van der Waals surface area contributed by atoms with Gasteiger partial charge in [-0.05, 0) is 17.9 Å². The number of hydrogen-bond acceptors (Lipinski definition) is 0. The molecule has 0 spiro atoms. The van der Waals surface area contributed by atoms with Crippen molar-refractivity contribution < 1.29 is 0 Å². The van der Waals surface area contributed by atoms with Gasteiger partial charge in [-0.3, -0.25) is 0 Å². The topological polar surface area (TPSA) is 0 Å². The first-order valence-electron chi connectivity index (χ1n) is 3.57. The Morgan fingerprint density at radius 2 is 1.80 bits per heavy atom. The van der Waals surface area contributed by atoms with E-state index in [1.165, 1.54) is 5.56 Å². The second-order valence-electron chi connectivity index (χ2n) is 2.42. The van der Waals surface area contributed by atoms with Gasteiger partial charge in [-0.2, -0.15) is 0 Å². The van der Waals surface area contributed by atoms with E-state index < -0.39 is 0 Å². The van der Waals surface area contributed by atoms with Crippen molar-refractivity contribution in [2.75, 3.05) is 0 Å². The Labute approximate surface area is 62.9 Å². The van der Waals surface area contributed by atoms with Gasteiger partial charge in [0.2, 0.25) is 0 Å². The average Bonchev–Trinajstić information content (AvgIpc) is 2.05. The summed E-state index contributed by atoms with van der Waals surface area (Å²) in [7, 11) is 0. The quantitative estimate of drug-likeness (QED) is 0.580. The molecule has 1 rings (SSSR count). The summed E-state index contributed by atoms with van der Waals surface area (Å²) in [5.41, 5.74) is 1.34. The molecule has 0 heteroatoms. The highest BCUT2D eigenvalue weighted by Gasteiger charge is 1.99. The van der Waals surface area contributed by atoms with Gasteiger partial charge in [0.1, 0.15) is 0 Å². The van der Waals surface area contributed by atoms with Crippen LogP contribution >= 0.6 is 0 Å². The molecule has 1 atom stereocenters. The first-order chi connectivity index (χ1) is 4.84. The minimum Gasteiger partial charge on any atom is -0.0622 e. The molecular formula is C10H12. The molecular weight excluding hydrogens is 120 g/mol. The zero-order valence-corrected chi connectivity index (χ0v) is 6.46. The summed E-state index contributed by atoms with van der Waals surface area (Å²) in [5.74, 6) is 0.459. The number of hydrogen-bond donors (Lipinski definition) is 0. The molecule has 2 radical (unpaired) electrons. The van der Waals surface area contributed by atoms with Crippen LogP contribution in [0.4, 0.5) is 0 Å². The molecule has 52 valence electrons. The van der Waals surface area contributed by atoms with Crippen molar-refractivity contribution >= 4 is 0 Å². The Hall–Kier alpha value is -0.780. The van der Waals surface area contributed by atoms with Crippen LogP contribution in [-0.4, -0.2) is 0 Å². The summed E-state index contributed by atoms with van der Waals surface area (Å²) in [6, 6.07) is 10.4. The standard InChI is InChI=1S/C10H12/c1-3-9(2)10-7-5-4-6-8-10/h4-9H,1-2H3. The summed E-state index contributed by atoms with van der Waals surface area (Å²) >= 11 is 0. The molecule has 0 N–H and O–H groups in total. The smallest absolute Gasteiger partial charge is 0.0125 e. The van der Waals surface area contributed by atoms with Crippen molar-refractivity contribution in [3.8, 4) is 0 Å². The largest absolute Gasteiger partial charge is 0.0622 e. The minimum absolute atomic E-state index is 0.459. The molecule has 1 unspecified atom stereocenters. The third-order valence-electron chi connectivity index (χ3n) is 1.73. The third-order valence-corrected chi connectivity index (χ3v) is 1.73. The maximum atomic E-state index is 3.18. The SMILES string of the molecule is C[C]C(C)c1ccccc1. The molecule has 0 nitrogen and oxygen atoms in total. The third kappa shape index (κ3) is 1.60. The van der Waals surface area contributed by atoms with Crippen molar-refractivity contribution in [3.63, 3.8) is 0 Å². The van der Waals surface area contributed by atoms with Crippen molar-refractivity contribution in [3.05, 3.63) is 42.3 Å². The van der Waals surface area contributed by atoms with Gasteiger partial charge < -0.3 is 0 Å². The van der Waals surface area contributed by atoms with E-state index in [0.29, 0.717) is 5.92 Å². The molecule has 0 amide bonds. The molecule has 0 aliphatic heterocycles. The van der Waals surface area contributed by atoms with Crippen molar-refractivity contribution in [2.24, 2.45) is 0 Å². The van der Waals surface area contributed by atoms with Gasteiger partial charge in [0.05, 0.1) is 0 Å². The maximum Gasteiger partial charge on any atom is -0.0125 e. The van der Waals surface area contributed by atoms with Crippen molar-refractivity contribution in [2.45, 2.75) is 19.8 Å². The Kier molecular flexibility index (Phi) is 2.49. The lowest BCUT2D eigenvalue weighted by molar-refractivity contribution is 0.887. The Bertz CT molecular complexity index is 176. The fourth-order valence-corrected chi connectivity index (χ4v) is 0.908. The van der Waals surface area contributed by atoms with E-state index in [9.17, 15) is 0 Å². The summed E-state index contributed by atoms with van der Waals surface area (Å²) in [5, 5.41) is 0. The van der Waals surface area contributed by atoms with E-state index in [1.807, 2.05) is 13.0 Å². The molecule has 1 aromatic carbocycles. The zero-order chi connectivity index (χ0) is 7.40. The van der Waals surface area contributed by atoms with Crippen molar-refractivity contribution in [1.29, 1.82) is 0 Å². The normalized spacial score (nSPS) is 13.0. The summed E-state index contributed by atoms with van der Waals surface area (Å²) in [6.07, 6.45) is 3.18. The Morgan fingerprint density at radius 1 is 1.20 bits per heavy atom. The van der Waals surface area contributed by atoms with Gasteiger partial charge in [-0.1, -0.05) is 44.2 Å². The second-order valence-corrected chi connectivity index (χ2v) is 2.42. The second kappa shape index (κ2) is 3.40. The molecule has 1 aromatic rings. The van der Waals surface area contributed by atoms with E-state index in [-0.39, 0.29) is 0 Å². The lowest BCUT2D eigenvalue weighted by Crippen LogP contribution is -1.89. The highest BCUT2D eigenvalue weighted by molar-refractivity contribution is 5.20. The van der Waals surface area contributed by atoms with Crippen LogP contribution in [0.2, 0.25) is 0 Å². The van der Waals surface area contributed by atoms with Gasteiger partial charge >= 0.3 is 0 Å². The lowest BCUT2D eigenvalue weighted by Gasteiger charge is -2.05. The first kappa shape index (κ1) is 7.33. The van der Waals surface area contributed by atoms with Gasteiger partial charge in [-0.15, -0.1) is 0 Å². The molecule has 0 saturated heterocycles. The van der Waals surface area contributed by atoms with Crippen LogP contribution in [0.15, 0.2) is 30.3 Å². The van der Waals surface area contributed by atoms with E-state index in [1.54, 1.807) is 0 Å². The summed E-state index contributed by atoms with van der Waals surface area (Å²) in [4.78, 5) is 0. The fourth-order valence-electron chi connectivity index (χ4n) is 0.908. The average molecular weight is 132 g/mol. The zero-order valence-electron chi connectivity index (χ0n) is 6.46. The van der Waals surface area contributed by atoms with Crippen LogP contribution in [0.3, 0.4) is 0 Å². The molecule has 0 bridgehead atoms. The van der Waals surface area contributed by atoms with Gasteiger partial charge in [0.15, 0.2) is 0 Å². The molecule has 0 aromatic heterocycles. The predicted octanol–water partition coefficient (Wildman–Crippen LogP) is 2.89. The highest BCUT2D eigenvalue weighted by Crippen LogP contribution is 2.15.